The van der Waals surface area contributed by atoms with E-state index in [1.165, 1.54) is 50.3 Å². The Hall–Kier alpha value is -0.740. The van der Waals surface area contributed by atoms with E-state index in [9.17, 15) is 0 Å². The van der Waals surface area contributed by atoms with Crippen LogP contribution >= 0.6 is 8.19 Å². The van der Waals surface area contributed by atoms with Crippen LogP contribution in [0, 0.1) is 0 Å². The Morgan fingerprint density at radius 1 is 0.944 bits per heavy atom. The molecule has 18 heavy (non-hydrogen) atoms. The molecule has 1 heterocycles. The molecule has 0 aliphatic heterocycles. The van der Waals surface area contributed by atoms with E-state index in [1.54, 1.807) is 10.4 Å². The second kappa shape index (κ2) is 5.10. The van der Waals surface area contributed by atoms with Gasteiger partial charge in [0.1, 0.15) is 0 Å². The van der Waals surface area contributed by atoms with Crippen molar-refractivity contribution in [2.75, 3.05) is 0 Å². The summed E-state index contributed by atoms with van der Waals surface area (Å²) in [5.74, 6) is 0. The minimum atomic E-state index is 0.484. The van der Waals surface area contributed by atoms with Crippen LogP contribution in [0.15, 0.2) is 30.3 Å². The molecule has 96 valence electrons. The van der Waals surface area contributed by atoms with Gasteiger partial charge in [-0.3, -0.25) is 0 Å². The van der Waals surface area contributed by atoms with Crippen LogP contribution < -0.4 is 0 Å². The highest BCUT2D eigenvalue weighted by Gasteiger charge is 2.27. The van der Waals surface area contributed by atoms with Crippen LogP contribution in [0.5, 0.6) is 0 Å². The van der Waals surface area contributed by atoms with Gasteiger partial charge in [0, 0.05) is 0 Å². The van der Waals surface area contributed by atoms with Crippen molar-refractivity contribution in [2.24, 2.45) is 0 Å². The summed E-state index contributed by atoms with van der Waals surface area (Å²) in [4.78, 5) is 0. The fourth-order valence-electron chi connectivity index (χ4n) is 3.35. The van der Waals surface area contributed by atoms with E-state index in [0.717, 1.165) is 8.19 Å². The summed E-state index contributed by atoms with van der Waals surface area (Å²) >= 11 is 0. The van der Waals surface area contributed by atoms with Crippen LogP contribution in [0.2, 0.25) is 0 Å². The first-order valence-corrected chi connectivity index (χ1v) is 8.36. The molecule has 0 amide bonds. The van der Waals surface area contributed by atoms with Crippen molar-refractivity contribution < 1.29 is 0 Å². The van der Waals surface area contributed by atoms with Crippen molar-refractivity contribution in [1.82, 2.24) is 0 Å². The zero-order valence-electron chi connectivity index (χ0n) is 11.3. The summed E-state index contributed by atoms with van der Waals surface area (Å²) in [5.41, 5.74) is 0.484. The van der Waals surface area contributed by atoms with Gasteiger partial charge in [0.15, 0.2) is 0 Å². The van der Waals surface area contributed by atoms with Crippen molar-refractivity contribution in [3.8, 4) is 0 Å². The first kappa shape index (κ1) is 12.3. The second-order valence-corrected chi connectivity index (χ2v) is 7.43. The van der Waals surface area contributed by atoms with Crippen molar-refractivity contribution in [3.05, 3.63) is 35.6 Å². The van der Waals surface area contributed by atoms with E-state index >= 15 is 0 Å². The topological polar surface area (TPSA) is 0 Å². The Morgan fingerprint density at radius 2 is 1.61 bits per heavy atom. The molecule has 1 aromatic carbocycles. The molecule has 1 aromatic heterocycles. The van der Waals surface area contributed by atoms with E-state index in [2.05, 4.69) is 37.3 Å². The highest BCUT2D eigenvalue weighted by atomic mass is 31.0. The maximum absolute atomic E-state index is 2.52. The van der Waals surface area contributed by atoms with Crippen LogP contribution in [0.3, 0.4) is 0 Å². The normalized spacial score (nSPS) is 20.9. The van der Waals surface area contributed by atoms with Gasteiger partial charge in [-0.05, 0) is 40.1 Å². The van der Waals surface area contributed by atoms with Crippen LogP contribution in [-0.2, 0) is 5.41 Å². The maximum Gasteiger partial charge on any atom is -0.00154 e. The van der Waals surface area contributed by atoms with Gasteiger partial charge in [-0.2, -0.15) is 0 Å². The van der Waals surface area contributed by atoms with E-state index in [4.69, 9.17) is 0 Å². The first-order valence-electron chi connectivity index (χ1n) is 7.36. The van der Waals surface area contributed by atoms with Gasteiger partial charge in [-0.1, -0.05) is 63.3 Å². The zero-order valence-corrected chi connectivity index (χ0v) is 12.3. The quantitative estimate of drug-likeness (QED) is 0.599. The lowest BCUT2D eigenvalue weighted by molar-refractivity contribution is 0.346. The van der Waals surface area contributed by atoms with E-state index < -0.39 is 0 Å². The van der Waals surface area contributed by atoms with Crippen LogP contribution in [0.1, 0.15) is 57.2 Å². The van der Waals surface area contributed by atoms with Crippen molar-refractivity contribution in [2.45, 2.75) is 57.3 Å². The van der Waals surface area contributed by atoms with Gasteiger partial charge in [0.25, 0.3) is 0 Å². The van der Waals surface area contributed by atoms with Gasteiger partial charge in [-0.25, -0.2) is 0 Å². The minimum absolute atomic E-state index is 0.484. The molecule has 0 nitrogen and oxygen atoms in total. The monoisotopic (exact) mass is 258 g/mol. The fourth-order valence-corrected chi connectivity index (χ4v) is 4.90. The molecule has 1 unspecified atom stereocenters. The molecule has 0 bridgehead atoms. The Kier molecular flexibility index (Phi) is 3.48. The summed E-state index contributed by atoms with van der Waals surface area (Å²) in [6, 6.07) is 11.4. The molecule has 1 fully saturated rings. The lowest BCUT2D eigenvalue weighted by Crippen LogP contribution is -2.21. The minimum Gasteiger partial charge on any atom is -0.128 e. The van der Waals surface area contributed by atoms with E-state index in [-0.39, 0.29) is 0 Å². The van der Waals surface area contributed by atoms with Gasteiger partial charge >= 0.3 is 0 Å². The first-order chi connectivity index (χ1) is 8.78. The zero-order chi connectivity index (χ0) is 12.4. The summed E-state index contributed by atoms with van der Waals surface area (Å²) in [5, 5.41) is 4.77. The Labute approximate surface area is 112 Å². The third-order valence-electron chi connectivity index (χ3n) is 4.64. The highest BCUT2D eigenvalue weighted by Crippen LogP contribution is 2.44. The Bertz CT molecular complexity index is 482. The summed E-state index contributed by atoms with van der Waals surface area (Å²) in [6.45, 7) is 2.52. The molecule has 0 spiro atoms. The summed E-state index contributed by atoms with van der Waals surface area (Å²) in [6.07, 6.45) is 10.00. The van der Waals surface area contributed by atoms with Crippen molar-refractivity contribution in [3.63, 3.8) is 0 Å². The van der Waals surface area contributed by atoms with Crippen molar-refractivity contribution in [1.29, 1.82) is 0 Å². The molecule has 3 rings (SSSR count). The number of rotatable bonds is 1. The molecule has 0 saturated heterocycles. The number of benzene rings is 1. The van der Waals surface area contributed by atoms with Gasteiger partial charge in [0.05, 0.1) is 0 Å². The number of hydrogen-bond acceptors (Lipinski definition) is 0. The standard InChI is InChI=1S/C17H23P/c1-17(11-7-3-2-4-8-12-17)16-13-14-9-5-6-10-15(14)18-16/h5-6,9-10,13,18H,2-4,7-8,11-12H2,1H3. The van der Waals surface area contributed by atoms with E-state index in [1.807, 2.05) is 0 Å². The van der Waals surface area contributed by atoms with Crippen LogP contribution in [0.4, 0.5) is 0 Å². The van der Waals surface area contributed by atoms with Crippen molar-refractivity contribution >= 4 is 18.7 Å². The Morgan fingerprint density at radius 3 is 2.33 bits per heavy atom. The number of hydrogen-bond donors (Lipinski definition) is 0. The molecular formula is C17H23P. The number of fused-ring (bicyclic) bond motifs is 1. The molecule has 1 heteroatoms. The molecular weight excluding hydrogens is 235 g/mol. The van der Waals surface area contributed by atoms with Crippen LogP contribution in [-0.4, -0.2) is 0 Å². The lowest BCUT2D eigenvalue weighted by Gasteiger charge is -2.31. The van der Waals surface area contributed by atoms with E-state index in [0.29, 0.717) is 5.41 Å². The highest BCUT2D eigenvalue weighted by molar-refractivity contribution is 7.38. The lowest BCUT2D eigenvalue weighted by atomic mass is 9.77. The molecule has 2 aromatic rings. The average molecular weight is 258 g/mol. The van der Waals surface area contributed by atoms with Gasteiger partial charge in [-0.15, -0.1) is 8.19 Å². The smallest absolute Gasteiger partial charge is 0.00154 e. The third kappa shape index (κ3) is 2.36. The fraction of sp³-hybridized carbons (Fsp3) is 0.529. The summed E-state index contributed by atoms with van der Waals surface area (Å²) in [7, 11) is 0.929. The summed E-state index contributed by atoms with van der Waals surface area (Å²) < 4.78 is 0. The molecule has 0 radical (unpaired) electrons. The largest absolute Gasteiger partial charge is 0.128 e. The third-order valence-corrected chi connectivity index (χ3v) is 6.38. The molecule has 1 aliphatic rings. The average Bonchev–Trinajstić information content (AvgIpc) is 2.78. The van der Waals surface area contributed by atoms with Gasteiger partial charge in [0.2, 0.25) is 0 Å². The Balaban J connectivity index is 1.95. The second-order valence-electron chi connectivity index (χ2n) is 6.10. The predicted octanol–water partition coefficient (Wildman–Crippen LogP) is 5.87. The molecule has 1 saturated carbocycles. The SMILES string of the molecule is CC1(c2cc3ccccc3[pH]2)CCCCCCC1. The maximum atomic E-state index is 2.52. The van der Waals surface area contributed by atoms with Crippen LogP contribution in [0.25, 0.3) is 10.5 Å². The molecule has 1 aliphatic carbocycles. The molecule has 1 atom stereocenters. The van der Waals surface area contributed by atoms with Gasteiger partial charge < -0.3 is 0 Å². The molecule has 0 N–H and O–H groups in total. The predicted molar refractivity (Wildman–Crippen MR) is 83.1 cm³/mol.